The number of hydrogen-bond donors (Lipinski definition) is 0. The molecule has 32 heavy (non-hydrogen) atoms. The van der Waals surface area contributed by atoms with Gasteiger partial charge in [-0.25, -0.2) is 13.2 Å². The van der Waals surface area contributed by atoms with Gasteiger partial charge in [0.25, 0.3) is 0 Å². The van der Waals surface area contributed by atoms with E-state index in [-0.39, 0.29) is 11.1 Å². The third-order valence-corrected chi connectivity index (χ3v) is 4.98. The van der Waals surface area contributed by atoms with Gasteiger partial charge >= 0.3 is 6.18 Å². The number of rotatable bonds is 5. The predicted octanol–water partition coefficient (Wildman–Crippen LogP) is 7.92. The third kappa shape index (κ3) is 5.73. The van der Waals surface area contributed by atoms with Crippen molar-refractivity contribution >= 4 is 0 Å². The summed E-state index contributed by atoms with van der Waals surface area (Å²) in [5.74, 6) is 1.30. The maximum atomic E-state index is 14.5. The van der Waals surface area contributed by atoms with Gasteiger partial charge in [-0.2, -0.15) is 13.2 Å². The van der Waals surface area contributed by atoms with E-state index in [0.29, 0.717) is 17.7 Å². The number of benzene rings is 3. The highest BCUT2D eigenvalue weighted by Gasteiger charge is 2.38. The largest absolute Gasteiger partial charge is 0.422 e. The van der Waals surface area contributed by atoms with Crippen LogP contribution < -0.4 is 0 Å². The molecule has 3 rings (SSSR count). The first kappa shape index (κ1) is 23.5. The molecule has 0 amide bonds. The normalized spacial score (nSPS) is 11.2. The number of hydrogen-bond acceptors (Lipinski definition) is 0. The van der Waals surface area contributed by atoms with Gasteiger partial charge in [-0.3, -0.25) is 0 Å². The lowest BCUT2D eigenvalue weighted by Gasteiger charge is -2.11. The Bertz CT molecular complexity index is 1120. The molecule has 0 aromatic heterocycles. The number of unbranched alkanes of at least 4 members (excludes halogenated alkanes) is 2. The Labute approximate surface area is 182 Å². The van der Waals surface area contributed by atoms with Crippen LogP contribution in [0.25, 0.3) is 11.1 Å². The average molecular weight is 446 g/mol. The third-order valence-electron chi connectivity index (χ3n) is 4.98. The Balaban J connectivity index is 1.80. The van der Waals surface area contributed by atoms with Gasteiger partial charge < -0.3 is 0 Å². The van der Waals surface area contributed by atoms with Gasteiger partial charge in [-0.05, 0) is 60.4 Å². The Morgan fingerprint density at radius 2 is 1.31 bits per heavy atom. The van der Waals surface area contributed by atoms with E-state index in [1.807, 2.05) is 24.3 Å². The summed E-state index contributed by atoms with van der Waals surface area (Å²) in [6.45, 7) is 2.15. The maximum Gasteiger partial charge on any atom is 0.422 e. The van der Waals surface area contributed by atoms with Crippen LogP contribution in [0.15, 0.2) is 54.6 Å². The van der Waals surface area contributed by atoms with Crippen molar-refractivity contribution in [2.24, 2.45) is 0 Å². The molecule has 0 nitrogen and oxygen atoms in total. The van der Waals surface area contributed by atoms with E-state index in [2.05, 4.69) is 18.8 Å². The fourth-order valence-electron chi connectivity index (χ4n) is 3.30. The van der Waals surface area contributed by atoms with Crippen LogP contribution >= 0.6 is 0 Å². The quantitative estimate of drug-likeness (QED) is 0.212. The molecule has 3 aromatic carbocycles. The summed E-state index contributed by atoms with van der Waals surface area (Å²) < 4.78 is 80.3. The second-order valence-corrected chi connectivity index (χ2v) is 7.41. The van der Waals surface area contributed by atoms with Crippen LogP contribution in [-0.4, -0.2) is 0 Å². The zero-order valence-corrected chi connectivity index (χ0v) is 17.3. The summed E-state index contributed by atoms with van der Waals surface area (Å²) in [7, 11) is 0. The van der Waals surface area contributed by atoms with Crippen LogP contribution in [0.5, 0.6) is 0 Å². The lowest BCUT2D eigenvalue weighted by atomic mass is 10.0. The van der Waals surface area contributed by atoms with Gasteiger partial charge in [-0.15, -0.1) is 0 Å². The molecule has 0 saturated heterocycles. The molecular formula is C26H20F6. The van der Waals surface area contributed by atoms with Crippen LogP contribution in [-0.2, 0) is 12.6 Å². The minimum atomic E-state index is -5.18. The van der Waals surface area contributed by atoms with Crippen LogP contribution in [0.3, 0.4) is 0 Å². The van der Waals surface area contributed by atoms with E-state index in [1.54, 1.807) is 0 Å². The van der Waals surface area contributed by atoms with E-state index >= 15 is 0 Å². The molecule has 0 aliphatic carbocycles. The smallest absolute Gasteiger partial charge is 0.206 e. The van der Waals surface area contributed by atoms with Crippen molar-refractivity contribution in [1.29, 1.82) is 0 Å². The highest BCUT2D eigenvalue weighted by Crippen LogP contribution is 2.36. The van der Waals surface area contributed by atoms with Gasteiger partial charge in [0.15, 0.2) is 0 Å². The highest BCUT2D eigenvalue weighted by atomic mass is 19.4. The molecule has 0 unspecified atom stereocenters. The molecule has 0 radical (unpaired) electrons. The molecule has 0 aliphatic rings. The van der Waals surface area contributed by atoms with Crippen molar-refractivity contribution in [3.05, 3.63) is 94.3 Å². The average Bonchev–Trinajstić information content (AvgIpc) is 2.72. The zero-order valence-electron chi connectivity index (χ0n) is 17.3. The molecule has 0 heterocycles. The molecule has 0 N–H and O–H groups in total. The lowest BCUT2D eigenvalue weighted by molar-refractivity contribution is -0.142. The van der Waals surface area contributed by atoms with Crippen molar-refractivity contribution < 1.29 is 26.3 Å². The number of aryl methyl sites for hydroxylation is 1. The van der Waals surface area contributed by atoms with Gasteiger partial charge in [0.05, 0.1) is 0 Å². The Hall–Kier alpha value is -3.20. The van der Waals surface area contributed by atoms with Crippen molar-refractivity contribution in [3.8, 4) is 23.0 Å². The van der Waals surface area contributed by atoms with E-state index in [0.717, 1.165) is 30.9 Å². The minimum absolute atomic E-state index is 0.224. The molecule has 0 aliphatic heterocycles. The number of halogens is 6. The van der Waals surface area contributed by atoms with E-state index in [9.17, 15) is 26.3 Å². The van der Waals surface area contributed by atoms with Crippen molar-refractivity contribution in [1.82, 2.24) is 0 Å². The molecule has 0 saturated carbocycles. The molecule has 0 atom stereocenters. The van der Waals surface area contributed by atoms with Crippen molar-refractivity contribution in [3.63, 3.8) is 0 Å². The van der Waals surface area contributed by atoms with Crippen LogP contribution in [0.4, 0.5) is 26.3 Å². The van der Waals surface area contributed by atoms with Gasteiger partial charge in [-0.1, -0.05) is 49.8 Å². The topological polar surface area (TPSA) is 0 Å². The zero-order chi connectivity index (χ0) is 23.3. The fraction of sp³-hybridized carbons (Fsp3) is 0.231. The lowest BCUT2D eigenvalue weighted by Crippen LogP contribution is -2.11. The van der Waals surface area contributed by atoms with Crippen LogP contribution in [0.2, 0.25) is 0 Å². The van der Waals surface area contributed by atoms with E-state index in [4.69, 9.17) is 0 Å². The highest BCUT2D eigenvalue weighted by molar-refractivity contribution is 5.66. The second kappa shape index (κ2) is 9.95. The van der Waals surface area contributed by atoms with Gasteiger partial charge in [0.2, 0.25) is 0 Å². The Kier molecular flexibility index (Phi) is 7.29. The molecule has 0 fully saturated rings. The first-order valence-corrected chi connectivity index (χ1v) is 10.2. The summed E-state index contributed by atoms with van der Waals surface area (Å²) in [4.78, 5) is 0. The van der Waals surface area contributed by atoms with E-state index < -0.39 is 29.2 Å². The molecule has 0 spiro atoms. The summed E-state index contributed by atoms with van der Waals surface area (Å²) in [5, 5.41) is 0. The Morgan fingerprint density at radius 3 is 1.88 bits per heavy atom. The Morgan fingerprint density at radius 1 is 0.719 bits per heavy atom. The summed E-state index contributed by atoms with van der Waals surface area (Å²) >= 11 is 0. The summed E-state index contributed by atoms with van der Waals surface area (Å²) in [6, 6.07) is 12.5. The standard InChI is InChI=1S/C26H20F6/c1-2-3-4-5-17-6-8-18(9-7-17)10-11-19-12-13-21(22(27)14-19)20-15-23(28)25(24(29)16-20)26(30,31)32/h6-9,12-16H,2-5H2,1H3. The molecule has 6 heteroatoms. The first-order chi connectivity index (χ1) is 15.2. The van der Waals surface area contributed by atoms with Crippen LogP contribution in [0.1, 0.15) is 48.4 Å². The van der Waals surface area contributed by atoms with E-state index in [1.165, 1.54) is 24.1 Å². The fourth-order valence-corrected chi connectivity index (χ4v) is 3.30. The van der Waals surface area contributed by atoms with Crippen LogP contribution in [0, 0.1) is 29.3 Å². The SMILES string of the molecule is CCCCCc1ccc(C#Cc2ccc(-c3cc(F)c(C(F)(F)F)c(F)c3)c(F)c2)cc1. The number of alkyl halides is 3. The first-order valence-electron chi connectivity index (χ1n) is 10.2. The molecule has 166 valence electrons. The summed E-state index contributed by atoms with van der Waals surface area (Å²) in [6.07, 6.45) is -0.728. The van der Waals surface area contributed by atoms with Crippen molar-refractivity contribution in [2.75, 3.05) is 0 Å². The van der Waals surface area contributed by atoms with Gasteiger partial charge in [0.1, 0.15) is 23.0 Å². The summed E-state index contributed by atoms with van der Waals surface area (Å²) in [5.41, 5.74) is -0.259. The molecular weight excluding hydrogens is 426 g/mol. The monoisotopic (exact) mass is 446 g/mol. The predicted molar refractivity (Wildman–Crippen MR) is 112 cm³/mol. The maximum absolute atomic E-state index is 14.5. The minimum Gasteiger partial charge on any atom is -0.206 e. The second-order valence-electron chi connectivity index (χ2n) is 7.41. The van der Waals surface area contributed by atoms with Gasteiger partial charge in [0, 0.05) is 16.7 Å². The molecule has 3 aromatic rings. The molecule has 0 bridgehead atoms. The van der Waals surface area contributed by atoms with Crippen molar-refractivity contribution in [2.45, 2.75) is 38.8 Å².